The topological polar surface area (TPSA) is 92.5 Å². The molecule has 40 valence electrons. The van der Waals surface area contributed by atoms with Crippen LogP contribution >= 0.6 is 0 Å². The third-order valence-electron chi connectivity index (χ3n) is 0. The van der Waals surface area contributed by atoms with Crippen molar-refractivity contribution in [2.24, 2.45) is 0 Å². The van der Waals surface area contributed by atoms with Crippen LogP contribution in [-0.2, 0) is 21.5 Å². The second kappa shape index (κ2) is 8.92. The summed E-state index contributed by atoms with van der Waals surface area (Å²) >= 11 is 0. The SMILES string of the molecule is N.O=[Si](O)O.[Fe]. The van der Waals surface area contributed by atoms with Gasteiger partial charge in [-0.2, -0.15) is 0 Å². The van der Waals surface area contributed by atoms with Crippen molar-refractivity contribution in [2.45, 2.75) is 0 Å². The third kappa shape index (κ3) is 4230. The van der Waals surface area contributed by atoms with E-state index in [1.165, 1.54) is 0 Å². The van der Waals surface area contributed by atoms with E-state index >= 15 is 0 Å². The van der Waals surface area contributed by atoms with E-state index in [9.17, 15) is 0 Å². The Balaban J connectivity index is -0.0000000450. The standard InChI is InChI=1S/Fe.H3N.H2O3Si/c;;1-4(2)3/h;1H3;1-2H. The van der Waals surface area contributed by atoms with E-state index in [2.05, 4.69) is 0 Å². The number of hydrogen-bond acceptors (Lipinski definition) is 2. The Morgan fingerprint density at radius 3 is 1.33 bits per heavy atom. The van der Waals surface area contributed by atoms with E-state index < -0.39 is 9.17 Å². The van der Waals surface area contributed by atoms with Gasteiger partial charge in [0.2, 0.25) is 0 Å². The molecule has 0 fully saturated rings. The molecule has 0 aliphatic rings. The zero-order valence-electron chi connectivity index (χ0n) is 2.86. The molecule has 4 nitrogen and oxygen atoms in total. The molecule has 0 rings (SSSR count). The van der Waals surface area contributed by atoms with Crippen molar-refractivity contribution in [3.63, 3.8) is 0 Å². The summed E-state index contributed by atoms with van der Waals surface area (Å²) in [4.78, 5) is 14.3. The molecule has 0 unspecified atom stereocenters. The van der Waals surface area contributed by atoms with Crippen LogP contribution in [0.25, 0.3) is 0 Å². The fourth-order valence-electron chi connectivity index (χ4n) is 0. The first-order valence-electron chi connectivity index (χ1n) is 0.651. The molecule has 0 bridgehead atoms. The van der Waals surface area contributed by atoms with E-state index in [1.807, 2.05) is 0 Å². The minimum absolute atomic E-state index is 0. The Kier molecular flexibility index (Phi) is 24.6. The normalized spacial score (nSPS) is 4.00. The Bertz CT molecular complexity index is 33.8. The van der Waals surface area contributed by atoms with Crippen LogP contribution in [0, 0.1) is 0 Å². The Morgan fingerprint density at radius 2 is 1.33 bits per heavy atom. The monoisotopic (exact) mass is 151 g/mol. The third-order valence-corrected chi connectivity index (χ3v) is 0. The first-order chi connectivity index (χ1) is 1.73. The molecular formula is H5FeNO3Si. The van der Waals surface area contributed by atoms with Gasteiger partial charge in [0.1, 0.15) is 0 Å². The summed E-state index contributed by atoms with van der Waals surface area (Å²) in [5.74, 6) is 0. The maximum Gasteiger partial charge on any atom is 0.761 e. The smallest absolute Gasteiger partial charge is 0.511 e. The summed E-state index contributed by atoms with van der Waals surface area (Å²) in [6.07, 6.45) is 0. The molecule has 0 spiro atoms. The van der Waals surface area contributed by atoms with Crippen molar-refractivity contribution in [1.82, 2.24) is 6.15 Å². The van der Waals surface area contributed by atoms with Gasteiger partial charge in [-0.25, -0.2) is 0 Å². The van der Waals surface area contributed by atoms with Crippen LogP contribution in [-0.4, -0.2) is 18.8 Å². The molecule has 6 heavy (non-hydrogen) atoms. The molecule has 0 aromatic carbocycles. The van der Waals surface area contributed by atoms with Crippen molar-refractivity contribution in [2.75, 3.05) is 0 Å². The molecule has 0 aliphatic carbocycles. The molecule has 0 aliphatic heterocycles. The number of hydrogen-bond donors (Lipinski definition) is 3. The van der Waals surface area contributed by atoms with E-state index in [0.717, 1.165) is 0 Å². The van der Waals surface area contributed by atoms with Crippen LogP contribution in [0.1, 0.15) is 0 Å². The van der Waals surface area contributed by atoms with E-state index in [4.69, 9.17) is 14.1 Å². The van der Waals surface area contributed by atoms with E-state index in [1.54, 1.807) is 0 Å². The average Bonchev–Trinajstić information content (AvgIpc) is 0.811. The van der Waals surface area contributed by atoms with Gasteiger partial charge >= 0.3 is 9.17 Å². The Morgan fingerprint density at radius 1 is 1.33 bits per heavy atom. The molecule has 6 heteroatoms. The fourth-order valence-corrected chi connectivity index (χ4v) is 0. The summed E-state index contributed by atoms with van der Waals surface area (Å²) in [6.45, 7) is 0. The largest absolute Gasteiger partial charge is 0.761 e. The second-order valence-corrected chi connectivity index (χ2v) is 0.848. The maximum atomic E-state index is 8.74. The molecular weight excluding hydrogens is 146 g/mol. The molecule has 0 aromatic rings. The minimum Gasteiger partial charge on any atom is -0.511 e. The first kappa shape index (κ1) is 16.5. The van der Waals surface area contributed by atoms with Gasteiger partial charge in [0.05, 0.1) is 0 Å². The van der Waals surface area contributed by atoms with E-state index in [-0.39, 0.29) is 23.2 Å². The first-order valence-corrected chi connectivity index (χ1v) is 1.95. The molecule has 0 aromatic heterocycles. The van der Waals surface area contributed by atoms with E-state index in [0.29, 0.717) is 0 Å². The molecule has 5 N–H and O–H groups in total. The van der Waals surface area contributed by atoms with Crippen LogP contribution in [0.4, 0.5) is 0 Å². The molecule has 0 atom stereocenters. The van der Waals surface area contributed by atoms with Crippen LogP contribution in [0.2, 0.25) is 0 Å². The summed E-state index contributed by atoms with van der Waals surface area (Å²) in [6, 6.07) is 0. The van der Waals surface area contributed by atoms with Crippen molar-refractivity contribution in [3.8, 4) is 0 Å². The zero-order valence-corrected chi connectivity index (χ0v) is 4.97. The number of rotatable bonds is 0. The van der Waals surface area contributed by atoms with Crippen LogP contribution in [0.5, 0.6) is 0 Å². The molecule has 0 saturated heterocycles. The fraction of sp³-hybridized carbons (Fsp3) is 0. The van der Waals surface area contributed by atoms with Crippen LogP contribution in [0.3, 0.4) is 0 Å². The van der Waals surface area contributed by atoms with Gasteiger partial charge in [0.25, 0.3) is 0 Å². The minimum atomic E-state index is -3.13. The molecule has 0 saturated carbocycles. The second-order valence-electron chi connectivity index (χ2n) is 0.283. The van der Waals surface area contributed by atoms with Gasteiger partial charge in [-0.15, -0.1) is 0 Å². The summed E-state index contributed by atoms with van der Waals surface area (Å²) < 4.78 is 8.74. The summed E-state index contributed by atoms with van der Waals surface area (Å²) in [5, 5.41) is 0. The molecule has 0 heterocycles. The molecule has 0 amide bonds. The van der Waals surface area contributed by atoms with Gasteiger partial charge in [-0.1, -0.05) is 0 Å². The van der Waals surface area contributed by atoms with Crippen molar-refractivity contribution in [1.29, 1.82) is 0 Å². The van der Waals surface area contributed by atoms with Gasteiger partial charge in [0, 0.05) is 17.1 Å². The van der Waals surface area contributed by atoms with Crippen molar-refractivity contribution in [3.05, 3.63) is 0 Å². The average molecular weight is 151 g/mol. The van der Waals surface area contributed by atoms with Crippen molar-refractivity contribution >= 4 is 9.17 Å². The van der Waals surface area contributed by atoms with Gasteiger partial charge in [0.15, 0.2) is 0 Å². The quantitative estimate of drug-likeness (QED) is 0.369. The Hall–Kier alpha value is 0.0964. The summed E-state index contributed by atoms with van der Waals surface area (Å²) in [7, 11) is -3.13. The van der Waals surface area contributed by atoms with Gasteiger partial charge in [-0.3, -0.25) is 4.46 Å². The van der Waals surface area contributed by atoms with Crippen LogP contribution in [0.15, 0.2) is 0 Å². The molecule has 0 radical (unpaired) electrons. The van der Waals surface area contributed by atoms with Gasteiger partial charge < -0.3 is 15.7 Å². The predicted molar refractivity (Wildman–Crippen MR) is 15.9 cm³/mol. The summed E-state index contributed by atoms with van der Waals surface area (Å²) in [5.41, 5.74) is 0. The Labute approximate surface area is 47.1 Å². The van der Waals surface area contributed by atoms with Crippen molar-refractivity contribution < 1.29 is 31.1 Å². The predicted octanol–water partition coefficient (Wildman–Crippen LogP) is -1.45. The zero-order chi connectivity index (χ0) is 3.58. The maximum absolute atomic E-state index is 8.74. The van der Waals surface area contributed by atoms with Crippen LogP contribution < -0.4 is 6.15 Å². The van der Waals surface area contributed by atoms with Gasteiger partial charge in [-0.05, 0) is 0 Å².